The average Bonchev–Trinajstić information content (AvgIpc) is 2.25. The van der Waals surface area contributed by atoms with Crippen molar-refractivity contribution >= 4 is 11.6 Å². The van der Waals surface area contributed by atoms with Crippen LogP contribution >= 0.6 is 0 Å². The molecule has 0 bridgehead atoms. The van der Waals surface area contributed by atoms with Gasteiger partial charge in [-0.15, -0.1) is 0 Å². The molecule has 0 aromatic heterocycles. The van der Waals surface area contributed by atoms with E-state index in [0.717, 1.165) is 12.0 Å². The number of nitrogens with two attached hydrogens (primary N) is 1. The van der Waals surface area contributed by atoms with Gasteiger partial charge in [0.05, 0.1) is 6.10 Å². The van der Waals surface area contributed by atoms with Crippen molar-refractivity contribution in [3.8, 4) is 0 Å². The van der Waals surface area contributed by atoms with E-state index < -0.39 is 6.10 Å². The van der Waals surface area contributed by atoms with Crippen LogP contribution in [0.5, 0.6) is 0 Å². The predicted octanol–water partition coefficient (Wildman–Crippen LogP) is 1.47. The van der Waals surface area contributed by atoms with E-state index in [1.807, 2.05) is 19.9 Å². The first-order valence-electron chi connectivity index (χ1n) is 5.86. The van der Waals surface area contributed by atoms with Gasteiger partial charge in [-0.05, 0) is 37.1 Å². The van der Waals surface area contributed by atoms with Crippen molar-refractivity contribution in [2.75, 3.05) is 12.3 Å². The number of rotatable bonds is 5. The van der Waals surface area contributed by atoms with Gasteiger partial charge in [0.15, 0.2) is 0 Å². The zero-order valence-corrected chi connectivity index (χ0v) is 10.4. The molecule has 1 atom stereocenters. The van der Waals surface area contributed by atoms with Gasteiger partial charge in [0.2, 0.25) is 0 Å². The number of hydrogen-bond donors (Lipinski definition) is 3. The number of hydrogen-bond acceptors (Lipinski definition) is 3. The van der Waals surface area contributed by atoms with Crippen LogP contribution in [0.15, 0.2) is 18.2 Å². The molecule has 1 unspecified atom stereocenters. The van der Waals surface area contributed by atoms with Gasteiger partial charge in [-0.1, -0.05) is 13.3 Å². The summed E-state index contributed by atoms with van der Waals surface area (Å²) in [6, 6.07) is 5.22. The van der Waals surface area contributed by atoms with Crippen molar-refractivity contribution in [1.82, 2.24) is 5.32 Å². The Labute approximate surface area is 102 Å². The summed E-state index contributed by atoms with van der Waals surface area (Å²) in [7, 11) is 0. The van der Waals surface area contributed by atoms with E-state index in [-0.39, 0.29) is 12.5 Å². The highest BCUT2D eigenvalue weighted by Crippen LogP contribution is 2.11. The van der Waals surface area contributed by atoms with Gasteiger partial charge in [0.1, 0.15) is 0 Å². The molecular formula is C13H20N2O2. The Kier molecular flexibility index (Phi) is 4.97. The number of aliphatic hydroxyl groups excluding tert-OH is 1. The van der Waals surface area contributed by atoms with Gasteiger partial charge in [-0.3, -0.25) is 4.79 Å². The minimum absolute atomic E-state index is 0.199. The van der Waals surface area contributed by atoms with E-state index >= 15 is 0 Å². The fourth-order valence-electron chi connectivity index (χ4n) is 1.69. The van der Waals surface area contributed by atoms with E-state index in [9.17, 15) is 9.90 Å². The Morgan fingerprint density at radius 3 is 2.76 bits per heavy atom. The molecule has 1 aromatic rings. The molecule has 4 N–H and O–H groups in total. The van der Waals surface area contributed by atoms with Crippen molar-refractivity contribution in [3.63, 3.8) is 0 Å². The number of aryl methyl sites for hydroxylation is 1. The molecular weight excluding hydrogens is 216 g/mol. The second-order valence-electron chi connectivity index (χ2n) is 4.28. The molecule has 0 aliphatic heterocycles. The van der Waals surface area contributed by atoms with Crippen molar-refractivity contribution in [2.24, 2.45) is 0 Å². The molecule has 0 heterocycles. The minimum Gasteiger partial charge on any atom is -0.399 e. The standard InChI is InChI=1S/C13H20N2O2/c1-3-4-12(16)8-15-13(17)10-5-9(2)6-11(14)7-10/h5-7,12,16H,3-4,8,14H2,1-2H3,(H,15,17). The monoisotopic (exact) mass is 236 g/mol. The van der Waals surface area contributed by atoms with Crippen LogP contribution in [0.4, 0.5) is 5.69 Å². The molecule has 94 valence electrons. The van der Waals surface area contributed by atoms with Crippen LogP contribution in [0.25, 0.3) is 0 Å². The fourth-order valence-corrected chi connectivity index (χ4v) is 1.69. The van der Waals surface area contributed by atoms with E-state index in [4.69, 9.17) is 5.73 Å². The van der Waals surface area contributed by atoms with Gasteiger partial charge in [0.25, 0.3) is 5.91 Å². The second-order valence-corrected chi connectivity index (χ2v) is 4.28. The zero-order valence-electron chi connectivity index (χ0n) is 10.4. The number of nitrogen functional groups attached to an aromatic ring is 1. The molecule has 0 saturated heterocycles. The van der Waals surface area contributed by atoms with Crippen LogP contribution in [0.1, 0.15) is 35.7 Å². The smallest absolute Gasteiger partial charge is 0.251 e. The molecule has 1 rings (SSSR count). The maximum absolute atomic E-state index is 11.8. The maximum Gasteiger partial charge on any atom is 0.251 e. The number of amides is 1. The highest BCUT2D eigenvalue weighted by Gasteiger charge is 2.09. The lowest BCUT2D eigenvalue weighted by atomic mass is 10.1. The lowest BCUT2D eigenvalue weighted by Crippen LogP contribution is -2.32. The number of benzene rings is 1. The molecule has 4 nitrogen and oxygen atoms in total. The molecule has 0 fully saturated rings. The Morgan fingerprint density at radius 2 is 2.18 bits per heavy atom. The number of anilines is 1. The summed E-state index contributed by atoms with van der Waals surface area (Å²) in [5, 5.41) is 12.2. The Bertz CT molecular complexity index is 371. The first kappa shape index (κ1) is 13.5. The molecule has 0 aliphatic carbocycles. The van der Waals surface area contributed by atoms with Crippen molar-refractivity contribution in [1.29, 1.82) is 0 Å². The number of aliphatic hydroxyl groups is 1. The largest absolute Gasteiger partial charge is 0.399 e. The van der Waals surface area contributed by atoms with Crippen LogP contribution in [0.3, 0.4) is 0 Å². The summed E-state index contributed by atoms with van der Waals surface area (Å²) >= 11 is 0. The Morgan fingerprint density at radius 1 is 1.47 bits per heavy atom. The predicted molar refractivity (Wildman–Crippen MR) is 68.8 cm³/mol. The van der Waals surface area contributed by atoms with Crippen LogP contribution in [0, 0.1) is 6.92 Å². The molecule has 17 heavy (non-hydrogen) atoms. The number of carbonyl (C=O) groups is 1. The van der Waals surface area contributed by atoms with E-state index in [1.165, 1.54) is 0 Å². The van der Waals surface area contributed by atoms with Gasteiger partial charge >= 0.3 is 0 Å². The molecule has 0 radical (unpaired) electrons. The zero-order chi connectivity index (χ0) is 12.8. The third-order valence-electron chi connectivity index (χ3n) is 2.48. The number of carbonyl (C=O) groups excluding carboxylic acids is 1. The third kappa shape index (κ3) is 4.44. The molecule has 0 spiro atoms. The summed E-state index contributed by atoms with van der Waals surface area (Å²) in [6.45, 7) is 4.16. The summed E-state index contributed by atoms with van der Waals surface area (Å²) in [4.78, 5) is 11.8. The Balaban J connectivity index is 2.58. The maximum atomic E-state index is 11.8. The van der Waals surface area contributed by atoms with Gasteiger partial charge < -0.3 is 16.2 Å². The summed E-state index contributed by atoms with van der Waals surface area (Å²) in [6.07, 6.45) is 1.11. The van der Waals surface area contributed by atoms with Crippen LogP contribution in [-0.4, -0.2) is 23.7 Å². The van der Waals surface area contributed by atoms with Gasteiger partial charge in [0, 0.05) is 17.8 Å². The lowest BCUT2D eigenvalue weighted by Gasteiger charge is -2.11. The summed E-state index contributed by atoms with van der Waals surface area (Å²) in [5.41, 5.74) is 7.73. The molecule has 1 amide bonds. The molecule has 4 heteroatoms. The summed E-state index contributed by atoms with van der Waals surface area (Å²) in [5.74, 6) is -0.199. The topological polar surface area (TPSA) is 75.3 Å². The normalized spacial score (nSPS) is 12.2. The van der Waals surface area contributed by atoms with Crippen molar-refractivity contribution in [3.05, 3.63) is 29.3 Å². The van der Waals surface area contributed by atoms with Crippen LogP contribution in [0.2, 0.25) is 0 Å². The SMILES string of the molecule is CCCC(O)CNC(=O)c1cc(C)cc(N)c1. The highest BCUT2D eigenvalue weighted by atomic mass is 16.3. The third-order valence-corrected chi connectivity index (χ3v) is 2.48. The van der Waals surface area contributed by atoms with Crippen LogP contribution in [-0.2, 0) is 0 Å². The first-order chi connectivity index (χ1) is 8.02. The van der Waals surface area contributed by atoms with E-state index in [0.29, 0.717) is 17.7 Å². The van der Waals surface area contributed by atoms with Crippen molar-refractivity contribution in [2.45, 2.75) is 32.8 Å². The first-order valence-corrected chi connectivity index (χ1v) is 5.86. The highest BCUT2D eigenvalue weighted by molar-refractivity contribution is 5.95. The Hall–Kier alpha value is -1.55. The fraction of sp³-hybridized carbons (Fsp3) is 0.462. The number of nitrogens with one attached hydrogen (secondary N) is 1. The van der Waals surface area contributed by atoms with Crippen LogP contribution < -0.4 is 11.1 Å². The van der Waals surface area contributed by atoms with Crippen molar-refractivity contribution < 1.29 is 9.90 Å². The van der Waals surface area contributed by atoms with E-state index in [1.54, 1.807) is 12.1 Å². The molecule has 0 saturated carbocycles. The average molecular weight is 236 g/mol. The lowest BCUT2D eigenvalue weighted by molar-refractivity contribution is 0.0910. The summed E-state index contributed by atoms with van der Waals surface area (Å²) < 4.78 is 0. The quantitative estimate of drug-likeness (QED) is 0.678. The minimum atomic E-state index is -0.480. The van der Waals surface area contributed by atoms with Gasteiger partial charge in [-0.25, -0.2) is 0 Å². The second kappa shape index (κ2) is 6.25. The molecule has 1 aromatic carbocycles. The van der Waals surface area contributed by atoms with Gasteiger partial charge in [-0.2, -0.15) is 0 Å². The molecule has 0 aliphatic rings. The van der Waals surface area contributed by atoms with E-state index in [2.05, 4.69) is 5.32 Å².